The van der Waals surface area contributed by atoms with Gasteiger partial charge in [-0.3, -0.25) is 4.79 Å². The van der Waals surface area contributed by atoms with Crippen molar-refractivity contribution in [2.24, 2.45) is 0 Å². The molecule has 0 rings (SSSR count). The minimum Gasteiger partial charge on any atom is -0.609 e. The van der Waals surface area contributed by atoms with Gasteiger partial charge >= 0.3 is 26.0 Å². The Kier molecular flexibility index (Phi) is 5.01. The number of halogens is 3. The zero-order valence-electron chi connectivity index (χ0n) is 5.03. The van der Waals surface area contributed by atoms with Crippen LogP contribution >= 0.6 is 0 Å². The number of hydrogen-bond donors (Lipinski definition) is 0. The van der Waals surface area contributed by atoms with E-state index in [0.717, 1.165) is 0 Å². The summed E-state index contributed by atoms with van der Waals surface area (Å²) in [6, 6.07) is 0. The van der Waals surface area contributed by atoms with Gasteiger partial charge in [-0.1, -0.05) is 0 Å². The summed E-state index contributed by atoms with van der Waals surface area (Å²) < 4.78 is 35.6. The Bertz CT molecular complexity index is 102. The van der Waals surface area contributed by atoms with Crippen molar-refractivity contribution in [1.82, 2.24) is 0 Å². The van der Waals surface area contributed by atoms with Crippen LogP contribution in [0.25, 0.3) is 0 Å². The molecule has 0 aromatic heterocycles. The summed E-state index contributed by atoms with van der Waals surface area (Å²) in [5.41, 5.74) is 0. The maximum absolute atomic E-state index is 10.9. The van der Waals surface area contributed by atoms with Gasteiger partial charge in [0.25, 0.3) is 5.97 Å². The van der Waals surface area contributed by atoms with Crippen LogP contribution in [0.3, 0.4) is 0 Å². The normalized spacial score (nSPS) is 9.78. The smallest absolute Gasteiger partial charge is 0.609 e. The molecule has 2 nitrogen and oxygen atoms in total. The van der Waals surface area contributed by atoms with Crippen molar-refractivity contribution in [2.45, 2.75) is 6.92 Å². The predicted octanol–water partition coefficient (Wildman–Crippen LogP) is -2.10. The molecule has 0 saturated carbocycles. The minimum absolute atomic E-state index is 0. The third kappa shape index (κ3) is 11.5. The number of hydrogen-bond acceptors (Lipinski definition) is 2. The SMILES string of the molecule is CC(=O)O[B-](F)(F)F.[Li+]. The Morgan fingerprint density at radius 2 is 1.78 bits per heavy atom. The Labute approximate surface area is 62.0 Å². The average Bonchev–Trinajstić information content (AvgIpc) is 1.21. The molecule has 0 saturated heterocycles. The van der Waals surface area contributed by atoms with Crippen LogP contribution in [-0.2, 0) is 9.45 Å². The molecular formula is C2H3BF3LiO2. The molecule has 0 amide bonds. The van der Waals surface area contributed by atoms with Gasteiger partial charge in [0.15, 0.2) is 0 Å². The maximum atomic E-state index is 10.9. The van der Waals surface area contributed by atoms with Gasteiger partial charge in [-0.15, -0.1) is 0 Å². The van der Waals surface area contributed by atoms with Gasteiger partial charge in [0.1, 0.15) is 0 Å². The van der Waals surface area contributed by atoms with Crippen LogP contribution in [0.4, 0.5) is 12.9 Å². The van der Waals surface area contributed by atoms with Crippen molar-refractivity contribution < 1.29 is 41.3 Å². The van der Waals surface area contributed by atoms with Crippen molar-refractivity contribution in [3.05, 3.63) is 0 Å². The van der Waals surface area contributed by atoms with Gasteiger partial charge < -0.3 is 17.6 Å². The van der Waals surface area contributed by atoms with Crippen molar-refractivity contribution in [3.63, 3.8) is 0 Å². The molecule has 0 aliphatic carbocycles. The van der Waals surface area contributed by atoms with Crippen molar-refractivity contribution >= 4 is 13.1 Å². The molecular weight excluding hydrogens is 131 g/mol. The van der Waals surface area contributed by atoms with Crippen molar-refractivity contribution in [2.75, 3.05) is 0 Å². The fourth-order valence-corrected chi connectivity index (χ4v) is 0.188. The maximum Gasteiger partial charge on any atom is 1.00 e. The second-order valence-corrected chi connectivity index (χ2v) is 1.12. The van der Waals surface area contributed by atoms with E-state index in [1.165, 1.54) is 0 Å². The molecule has 9 heavy (non-hydrogen) atoms. The first-order valence-electron chi connectivity index (χ1n) is 1.80. The fourth-order valence-electron chi connectivity index (χ4n) is 0.188. The van der Waals surface area contributed by atoms with Gasteiger partial charge in [0.05, 0.1) is 0 Å². The van der Waals surface area contributed by atoms with Crippen LogP contribution in [0.1, 0.15) is 6.92 Å². The summed E-state index contributed by atoms with van der Waals surface area (Å²) in [6.45, 7) is 0.704. The third-order valence-electron chi connectivity index (χ3n) is 0.300. The van der Waals surface area contributed by atoms with Crippen LogP contribution in [0.15, 0.2) is 0 Å². The molecule has 0 fully saturated rings. The zero-order chi connectivity index (χ0) is 6.78. The van der Waals surface area contributed by atoms with E-state index < -0.39 is 13.1 Å². The third-order valence-corrected chi connectivity index (χ3v) is 0.300. The molecule has 0 atom stereocenters. The molecule has 0 aromatic rings. The first-order valence-corrected chi connectivity index (χ1v) is 1.80. The summed E-state index contributed by atoms with van der Waals surface area (Å²) in [6.07, 6.45) is 0. The molecule has 48 valence electrons. The molecule has 0 spiro atoms. The van der Waals surface area contributed by atoms with Crippen molar-refractivity contribution in [1.29, 1.82) is 0 Å². The molecule has 0 unspecified atom stereocenters. The summed E-state index contributed by atoms with van der Waals surface area (Å²) in [4.78, 5) is 9.53. The minimum atomic E-state index is -5.39. The Morgan fingerprint density at radius 3 is 1.78 bits per heavy atom. The summed E-state index contributed by atoms with van der Waals surface area (Å²) >= 11 is 0. The van der Waals surface area contributed by atoms with Crippen LogP contribution in [-0.4, -0.2) is 13.1 Å². The number of carbonyl (C=O) groups excluding carboxylic acids is 1. The molecule has 0 aliphatic rings. The van der Waals surface area contributed by atoms with Crippen LogP contribution in [0, 0.1) is 0 Å². The van der Waals surface area contributed by atoms with Crippen LogP contribution in [0.2, 0.25) is 0 Å². The van der Waals surface area contributed by atoms with E-state index in [4.69, 9.17) is 0 Å². The monoisotopic (exact) mass is 134 g/mol. The summed E-state index contributed by atoms with van der Waals surface area (Å²) in [5.74, 6) is -1.32. The molecule has 0 N–H and O–H groups in total. The molecule has 0 radical (unpaired) electrons. The molecule has 0 bridgehead atoms. The molecule has 0 heterocycles. The van der Waals surface area contributed by atoms with E-state index in [-0.39, 0.29) is 18.9 Å². The van der Waals surface area contributed by atoms with Gasteiger partial charge in [-0.2, -0.15) is 0 Å². The van der Waals surface area contributed by atoms with E-state index in [1.54, 1.807) is 0 Å². The van der Waals surface area contributed by atoms with Crippen LogP contribution in [0.5, 0.6) is 0 Å². The second-order valence-electron chi connectivity index (χ2n) is 1.12. The van der Waals surface area contributed by atoms with Gasteiger partial charge in [-0.25, -0.2) is 0 Å². The first-order chi connectivity index (χ1) is 3.42. The van der Waals surface area contributed by atoms with Gasteiger partial charge in [0.2, 0.25) is 0 Å². The van der Waals surface area contributed by atoms with E-state index in [2.05, 4.69) is 4.65 Å². The van der Waals surface area contributed by atoms with E-state index in [1.807, 2.05) is 0 Å². The molecule has 7 heteroatoms. The predicted molar refractivity (Wildman–Crippen MR) is 20.8 cm³/mol. The number of carbonyl (C=O) groups is 1. The largest absolute Gasteiger partial charge is 1.00 e. The summed E-state index contributed by atoms with van der Waals surface area (Å²) in [7, 11) is -5.39. The average molecular weight is 134 g/mol. The van der Waals surface area contributed by atoms with E-state index >= 15 is 0 Å². The zero-order valence-corrected chi connectivity index (χ0v) is 5.03. The quantitative estimate of drug-likeness (QED) is 0.384. The Balaban J connectivity index is 0. The Morgan fingerprint density at radius 1 is 1.44 bits per heavy atom. The molecule has 0 aromatic carbocycles. The van der Waals surface area contributed by atoms with Crippen molar-refractivity contribution in [3.8, 4) is 0 Å². The first kappa shape index (κ1) is 11.7. The standard InChI is InChI=1S/C2H3BF3O2.Li/c1-2(7)8-3(4,5)6;/h1H3;/q-1;+1. The topological polar surface area (TPSA) is 26.3 Å². The van der Waals surface area contributed by atoms with Gasteiger partial charge in [-0.05, 0) is 0 Å². The number of rotatable bonds is 1. The Hall–Kier alpha value is -0.0777. The van der Waals surface area contributed by atoms with E-state index in [9.17, 15) is 17.7 Å². The molecule has 0 aliphatic heterocycles. The van der Waals surface area contributed by atoms with Gasteiger partial charge in [0, 0.05) is 6.92 Å². The summed E-state index contributed by atoms with van der Waals surface area (Å²) in [5, 5.41) is 0. The van der Waals surface area contributed by atoms with E-state index in [0.29, 0.717) is 6.92 Å². The second kappa shape index (κ2) is 3.86. The fraction of sp³-hybridized carbons (Fsp3) is 0.500. The van der Waals surface area contributed by atoms with Crippen LogP contribution < -0.4 is 18.9 Å².